The lowest BCUT2D eigenvalue weighted by atomic mass is 10.3. The van der Waals surface area contributed by atoms with Crippen molar-refractivity contribution in [1.29, 1.82) is 0 Å². The van der Waals surface area contributed by atoms with E-state index in [4.69, 9.17) is 0 Å². The van der Waals surface area contributed by atoms with Crippen molar-refractivity contribution < 1.29 is 4.79 Å². The van der Waals surface area contributed by atoms with Gasteiger partial charge in [0.05, 0.1) is 0 Å². The van der Waals surface area contributed by atoms with E-state index in [0.717, 1.165) is 45.6 Å². The largest absolute Gasteiger partial charge is 0.355 e. The van der Waals surface area contributed by atoms with Crippen LogP contribution < -0.4 is 5.32 Å². The standard InChI is InChI=1S/C13H29N3O/c1-5-9-16(10-6-2)11-7-13(17)14-8-12-15(3)4/h5-12H2,1-4H3,(H,14,17). The van der Waals surface area contributed by atoms with Crippen LogP contribution in [0.5, 0.6) is 0 Å². The molecule has 0 radical (unpaired) electrons. The van der Waals surface area contributed by atoms with Crippen molar-refractivity contribution >= 4 is 5.91 Å². The van der Waals surface area contributed by atoms with Gasteiger partial charge in [0.1, 0.15) is 0 Å². The molecule has 0 bridgehead atoms. The van der Waals surface area contributed by atoms with E-state index in [0.29, 0.717) is 6.42 Å². The minimum atomic E-state index is 0.170. The molecule has 0 aliphatic carbocycles. The van der Waals surface area contributed by atoms with E-state index < -0.39 is 0 Å². The maximum absolute atomic E-state index is 11.6. The molecule has 0 aliphatic heterocycles. The molecule has 0 heterocycles. The van der Waals surface area contributed by atoms with Crippen LogP contribution in [-0.2, 0) is 4.79 Å². The first-order chi connectivity index (χ1) is 8.10. The van der Waals surface area contributed by atoms with Crippen LogP contribution in [0.2, 0.25) is 0 Å². The Labute approximate surface area is 106 Å². The minimum absolute atomic E-state index is 0.170. The summed E-state index contributed by atoms with van der Waals surface area (Å²) in [5, 5.41) is 2.95. The van der Waals surface area contributed by atoms with Crippen molar-refractivity contribution in [3.05, 3.63) is 0 Å². The fourth-order valence-electron chi connectivity index (χ4n) is 1.73. The highest BCUT2D eigenvalue weighted by Crippen LogP contribution is 1.96. The van der Waals surface area contributed by atoms with Crippen molar-refractivity contribution in [1.82, 2.24) is 15.1 Å². The molecule has 0 saturated heterocycles. The molecular weight excluding hydrogens is 214 g/mol. The smallest absolute Gasteiger partial charge is 0.221 e. The first kappa shape index (κ1) is 16.4. The van der Waals surface area contributed by atoms with E-state index in [-0.39, 0.29) is 5.91 Å². The quantitative estimate of drug-likeness (QED) is 0.626. The van der Waals surface area contributed by atoms with Gasteiger partial charge in [0.2, 0.25) is 5.91 Å². The second kappa shape index (κ2) is 10.5. The number of carbonyl (C=O) groups excluding carboxylic acids is 1. The van der Waals surface area contributed by atoms with Gasteiger partial charge in [-0.2, -0.15) is 0 Å². The van der Waals surface area contributed by atoms with E-state index in [1.165, 1.54) is 0 Å². The number of hydrogen-bond acceptors (Lipinski definition) is 3. The Kier molecular flexibility index (Phi) is 10.2. The molecule has 1 amide bonds. The average Bonchev–Trinajstić information content (AvgIpc) is 2.26. The summed E-state index contributed by atoms with van der Waals surface area (Å²) in [6.07, 6.45) is 2.93. The zero-order valence-electron chi connectivity index (χ0n) is 12.0. The van der Waals surface area contributed by atoms with Crippen LogP contribution in [0.4, 0.5) is 0 Å². The van der Waals surface area contributed by atoms with E-state index in [9.17, 15) is 4.79 Å². The first-order valence-electron chi connectivity index (χ1n) is 6.73. The van der Waals surface area contributed by atoms with Gasteiger partial charge in [-0.3, -0.25) is 4.79 Å². The Balaban J connectivity index is 3.64. The monoisotopic (exact) mass is 243 g/mol. The van der Waals surface area contributed by atoms with Crippen molar-refractivity contribution in [2.45, 2.75) is 33.1 Å². The number of hydrogen-bond donors (Lipinski definition) is 1. The van der Waals surface area contributed by atoms with Gasteiger partial charge in [-0.05, 0) is 40.0 Å². The zero-order valence-corrected chi connectivity index (χ0v) is 12.0. The lowest BCUT2D eigenvalue weighted by Gasteiger charge is -2.20. The van der Waals surface area contributed by atoms with E-state index in [2.05, 4.69) is 29.0 Å². The molecule has 0 rings (SSSR count). The SMILES string of the molecule is CCCN(CCC)CCC(=O)NCCN(C)C. The Morgan fingerprint density at radius 1 is 1.00 bits per heavy atom. The molecule has 4 nitrogen and oxygen atoms in total. The van der Waals surface area contributed by atoms with Gasteiger partial charge in [-0.15, -0.1) is 0 Å². The van der Waals surface area contributed by atoms with Crippen LogP contribution in [0.1, 0.15) is 33.1 Å². The molecule has 4 heteroatoms. The maximum Gasteiger partial charge on any atom is 0.221 e. The molecule has 0 spiro atoms. The van der Waals surface area contributed by atoms with Crippen LogP contribution in [0.25, 0.3) is 0 Å². The molecule has 0 aliphatic rings. The number of nitrogens with one attached hydrogen (secondary N) is 1. The molecule has 102 valence electrons. The third-order valence-electron chi connectivity index (χ3n) is 2.62. The summed E-state index contributed by atoms with van der Waals surface area (Å²) in [7, 11) is 4.02. The Morgan fingerprint density at radius 2 is 1.59 bits per heavy atom. The molecule has 0 atom stereocenters. The summed E-state index contributed by atoms with van der Waals surface area (Å²) in [4.78, 5) is 16.0. The summed E-state index contributed by atoms with van der Waals surface area (Å²) in [6, 6.07) is 0. The molecule has 0 aromatic heterocycles. The second-order valence-electron chi connectivity index (χ2n) is 4.74. The average molecular weight is 243 g/mol. The van der Waals surface area contributed by atoms with Crippen LogP contribution in [0, 0.1) is 0 Å². The van der Waals surface area contributed by atoms with Crippen molar-refractivity contribution in [2.75, 3.05) is 46.8 Å². The summed E-state index contributed by atoms with van der Waals surface area (Å²) in [6.45, 7) is 9.08. The van der Waals surface area contributed by atoms with Crippen LogP contribution in [-0.4, -0.2) is 62.5 Å². The molecule has 1 N–H and O–H groups in total. The molecule has 0 aromatic rings. The zero-order chi connectivity index (χ0) is 13.1. The van der Waals surface area contributed by atoms with Crippen LogP contribution >= 0.6 is 0 Å². The number of rotatable bonds is 10. The summed E-state index contributed by atoms with van der Waals surface area (Å²) in [5.41, 5.74) is 0. The molecule has 0 saturated carbocycles. The van der Waals surface area contributed by atoms with Crippen molar-refractivity contribution in [3.63, 3.8) is 0 Å². The minimum Gasteiger partial charge on any atom is -0.355 e. The lowest BCUT2D eigenvalue weighted by molar-refractivity contribution is -0.121. The summed E-state index contributed by atoms with van der Waals surface area (Å²) >= 11 is 0. The van der Waals surface area contributed by atoms with Gasteiger partial charge in [-0.1, -0.05) is 13.8 Å². The van der Waals surface area contributed by atoms with Gasteiger partial charge < -0.3 is 15.1 Å². The Hall–Kier alpha value is -0.610. The van der Waals surface area contributed by atoms with Crippen molar-refractivity contribution in [2.24, 2.45) is 0 Å². The number of carbonyl (C=O) groups is 1. The summed E-state index contributed by atoms with van der Waals surface area (Å²) in [5.74, 6) is 0.170. The highest BCUT2D eigenvalue weighted by Gasteiger charge is 2.06. The molecule has 0 aromatic carbocycles. The number of amides is 1. The molecule has 0 fully saturated rings. The Bertz CT molecular complexity index is 189. The normalized spacial score (nSPS) is 11.2. The topological polar surface area (TPSA) is 35.6 Å². The van der Waals surface area contributed by atoms with E-state index in [1.807, 2.05) is 14.1 Å². The maximum atomic E-state index is 11.6. The fraction of sp³-hybridized carbons (Fsp3) is 0.923. The third kappa shape index (κ3) is 10.3. The second-order valence-corrected chi connectivity index (χ2v) is 4.74. The van der Waals surface area contributed by atoms with Gasteiger partial charge >= 0.3 is 0 Å². The Morgan fingerprint density at radius 3 is 2.06 bits per heavy atom. The highest BCUT2D eigenvalue weighted by atomic mass is 16.1. The van der Waals surface area contributed by atoms with Gasteiger partial charge in [0.15, 0.2) is 0 Å². The molecule has 0 unspecified atom stereocenters. The molecular formula is C13H29N3O. The summed E-state index contributed by atoms with van der Waals surface area (Å²) < 4.78 is 0. The number of likely N-dealkylation sites (N-methyl/N-ethyl adjacent to an activating group) is 1. The predicted molar refractivity (Wildman–Crippen MR) is 73.2 cm³/mol. The van der Waals surface area contributed by atoms with Crippen molar-refractivity contribution in [3.8, 4) is 0 Å². The highest BCUT2D eigenvalue weighted by molar-refractivity contribution is 5.76. The first-order valence-corrected chi connectivity index (χ1v) is 6.73. The van der Waals surface area contributed by atoms with Gasteiger partial charge in [0.25, 0.3) is 0 Å². The van der Waals surface area contributed by atoms with Gasteiger partial charge in [0, 0.05) is 26.1 Å². The van der Waals surface area contributed by atoms with E-state index >= 15 is 0 Å². The van der Waals surface area contributed by atoms with Crippen LogP contribution in [0.15, 0.2) is 0 Å². The predicted octanol–water partition coefficient (Wildman–Crippen LogP) is 1.18. The van der Waals surface area contributed by atoms with Crippen LogP contribution in [0.3, 0.4) is 0 Å². The number of nitrogens with zero attached hydrogens (tertiary/aromatic N) is 2. The molecule has 17 heavy (non-hydrogen) atoms. The fourth-order valence-corrected chi connectivity index (χ4v) is 1.73. The third-order valence-corrected chi connectivity index (χ3v) is 2.62. The van der Waals surface area contributed by atoms with Gasteiger partial charge in [-0.25, -0.2) is 0 Å². The lowest BCUT2D eigenvalue weighted by Crippen LogP contribution is -2.34. The van der Waals surface area contributed by atoms with E-state index in [1.54, 1.807) is 0 Å².